The van der Waals surface area contributed by atoms with Crippen molar-refractivity contribution in [3.05, 3.63) is 64.1 Å². The summed E-state index contributed by atoms with van der Waals surface area (Å²) in [6, 6.07) is 9.98. The molecule has 0 spiro atoms. The Bertz CT molecular complexity index is 870. The molecule has 7 nitrogen and oxygen atoms in total. The molecule has 1 aromatic heterocycles. The van der Waals surface area contributed by atoms with E-state index in [-0.39, 0.29) is 23.9 Å². The maximum atomic E-state index is 12.2. The third kappa shape index (κ3) is 7.19. The zero-order valence-corrected chi connectivity index (χ0v) is 17.4. The molecule has 2 aromatic rings. The number of nitrogens with one attached hydrogen (secondary N) is 2. The zero-order chi connectivity index (χ0) is 21.2. The minimum absolute atomic E-state index is 0.0616. The summed E-state index contributed by atoms with van der Waals surface area (Å²) >= 11 is 0. The standard InChI is InChI=1S/C22H30N4O3/c1-4-25(5-2)13-6-12-23-22(29)18-7-9-19(10-8-18)24-20(27)16-26-14-11-17(3)15-21(26)28/h7-11,14-15H,4-6,12-13,16H2,1-3H3,(H,23,29)(H,24,27). The number of rotatable bonds is 10. The predicted molar refractivity (Wildman–Crippen MR) is 115 cm³/mol. The van der Waals surface area contributed by atoms with Gasteiger partial charge in [-0.15, -0.1) is 0 Å². The first-order valence-electron chi connectivity index (χ1n) is 10.0. The van der Waals surface area contributed by atoms with Crippen molar-refractivity contribution in [3.8, 4) is 0 Å². The summed E-state index contributed by atoms with van der Waals surface area (Å²) in [7, 11) is 0. The van der Waals surface area contributed by atoms with E-state index in [9.17, 15) is 14.4 Å². The maximum Gasteiger partial charge on any atom is 0.251 e. The van der Waals surface area contributed by atoms with Gasteiger partial charge in [-0.3, -0.25) is 14.4 Å². The van der Waals surface area contributed by atoms with Crippen molar-refractivity contribution in [1.82, 2.24) is 14.8 Å². The second kappa shape index (κ2) is 11.2. The third-order valence-corrected chi connectivity index (χ3v) is 4.73. The molecule has 0 atom stereocenters. The average molecular weight is 399 g/mol. The molecule has 0 fully saturated rings. The molecule has 2 rings (SSSR count). The van der Waals surface area contributed by atoms with Gasteiger partial charge in [0.2, 0.25) is 5.91 Å². The molecule has 0 aliphatic heterocycles. The van der Waals surface area contributed by atoms with E-state index in [1.54, 1.807) is 36.5 Å². The fourth-order valence-electron chi connectivity index (χ4n) is 2.94. The molecule has 0 bridgehead atoms. The van der Waals surface area contributed by atoms with Crippen LogP contribution in [-0.2, 0) is 11.3 Å². The van der Waals surface area contributed by atoms with Crippen LogP contribution >= 0.6 is 0 Å². The lowest BCUT2D eigenvalue weighted by atomic mass is 10.2. The molecule has 0 aliphatic carbocycles. The number of aryl methyl sites for hydroxylation is 1. The van der Waals surface area contributed by atoms with Gasteiger partial charge in [0.25, 0.3) is 11.5 Å². The number of benzene rings is 1. The Morgan fingerprint density at radius 2 is 1.76 bits per heavy atom. The lowest BCUT2D eigenvalue weighted by Crippen LogP contribution is -2.30. The molecule has 0 saturated heterocycles. The van der Waals surface area contributed by atoms with Crippen molar-refractivity contribution in [2.75, 3.05) is 31.5 Å². The second-order valence-corrected chi connectivity index (χ2v) is 6.93. The van der Waals surface area contributed by atoms with Crippen LogP contribution in [-0.4, -0.2) is 47.5 Å². The quantitative estimate of drug-likeness (QED) is 0.602. The van der Waals surface area contributed by atoms with Gasteiger partial charge in [-0.05, 0) is 68.9 Å². The van der Waals surface area contributed by atoms with E-state index in [0.717, 1.165) is 31.6 Å². The molecule has 29 heavy (non-hydrogen) atoms. The van der Waals surface area contributed by atoms with Gasteiger partial charge in [-0.25, -0.2) is 0 Å². The van der Waals surface area contributed by atoms with E-state index < -0.39 is 0 Å². The summed E-state index contributed by atoms with van der Waals surface area (Å²) < 4.78 is 1.35. The van der Waals surface area contributed by atoms with Crippen LogP contribution < -0.4 is 16.2 Å². The number of hydrogen-bond acceptors (Lipinski definition) is 4. The fraction of sp³-hybridized carbons (Fsp3) is 0.409. The number of nitrogens with zero attached hydrogens (tertiary/aromatic N) is 2. The molecular formula is C22H30N4O3. The van der Waals surface area contributed by atoms with Crippen LogP contribution in [0, 0.1) is 6.92 Å². The smallest absolute Gasteiger partial charge is 0.251 e. The van der Waals surface area contributed by atoms with E-state index in [2.05, 4.69) is 29.4 Å². The van der Waals surface area contributed by atoms with Crippen LogP contribution in [0.25, 0.3) is 0 Å². The molecule has 0 unspecified atom stereocenters. The molecule has 0 aliphatic rings. The van der Waals surface area contributed by atoms with Crippen LogP contribution in [0.15, 0.2) is 47.4 Å². The SMILES string of the molecule is CCN(CC)CCCNC(=O)c1ccc(NC(=O)Cn2ccc(C)cc2=O)cc1. The highest BCUT2D eigenvalue weighted by molar-refractivity contribution is 5.95. The lowest BCUT2D eigenvalue weighted by Gasteiger charge is -2.17. The Balaban J connectivity index is 1.82. The monoisotopic (exact) mass is 398 g/mol. The van der Waals surface area contributed by atoms with Crippen LogP contribution in [0.3, 0.4) is 0 Å². The molecule has 2 amide bonds. The van der Waals surface area contributed by atoms with Crippen molar-refractivity contribution in [1.29, 1.82) is 0 Å². The second-order valence-electron chi connectivity index (χ2n) is 6.93. The first-order valence-corrected chi connectivity index (χ1v) is 10.0. The van der Waals surface area contributed by atoms with E-state index in [4.69, 9.17) is 0 Å². The van der Waals surface area contributed by atoms with Gasteiger partial charge >= 0.3 is 0 Å². The first kappa shape index (κ1) is 22.4. The van der Waals surface area contributed by atoms with Crippen molar-refractivity contribution in [2.24, 2.45) is 0 Å². The number of anilines is 1. The Hall–Kier alpha value is -2.93. The van der Waals surface area contributed by atoms with Crippen LogP contribution in [0.2, 0.25) is 0 Å². The summed E-state index contributed by atoms with van der Waals surface area (Å²) in [6.45, 7) is 9.62. The summed E-state index contributed by atoms with van der Waals surface area (Å²) in [5, 5.41) is 5.66. The molecular weight excluding hydrogens is 368 g/mol. The maximum absolute atomic E-state index is 12.2. The van der Waals surface area contributed by atoms with Crippen LogP contribution in [0.1, 0.15) is 36.2 Å². The van der Waals surface area contributed by atoms with E-state index in [1.807, 2.05) is 6.92 Å². The van der Waals surface area contributed by atoms with Gasteiger partial charge in [0.1, 0.15) is 6.54 Å². The number of aromatic nitrogens is 1. The summed E-state index contributed by atoms with van der Waals surface area (Å²) in [6.07, 6.45) is 2.50. The largest absolute Gasteiger partial charge is 0.352 e. The Labute approximate surface area is 171 Å². The van der Waals surface area contributed by atoms with Gasteiger partial charge < -0.3 is 20.1 Å². The van der Waals surface area contributed by atoms with E-state index >= 15 is 0 Å². The summed E-state index contributed by atoms with van der Waals surface area (Å²) in [5.41, 5.74) is 1.76. The Kier molecular flexibility index (Phi) is 8.61. The van der Waals surface area contributed by atoms with Crippen molar-refractivity contribution in [2.45, 2.75) is 33.7 Å². The number of hydrogen-bond donors (Lipinski definition) is 2. The van der Waals surface area contributed by atoms with Gasteiger partial charge in [-0.2, -0.15) is 0 Å². The highest BCUT2D eigenvalue weighted by Gasteiger charge is 2.08. The molecule has 7 heteroatoms. The average Bonchev–Trinajstić information content (AvgIpc) is 2.70. The molecule has 156 valence electrons. The molecule has 2 N–H and O–H groups in total. The predicted octanol–water partition coefficient (Wildman–Crippen LogP) is 2.26. The first-order chi connectivity index (χ1) is 13.9. The van der Waals surface area contributed by atoms with Gasteiger partial charge in [0, 0.05) is 30.1 Å². The third-order valence-electron chi connectivity index (χ3n) is 4.73. The van der Waals surface area contributed by atoms with Crippen molar-refractivity contribution in [3.63, 3.8) is 0 Å². The van der Waals surface area contributed by atoms with Crippen molar-refractivity contribution < 1.29 is 9.59 Å². The summed E-state index contributed by atoms with van der Waals surface area (Å²) in [5.74, 6) is -0.432. The van der Waals surface area contributed by atoms with E-state index in [1.165, 1.54) is 10.6 Å². The number of carbonyl (C=O) groups excluding carboxylic acids is 2. The minimum atomic E-state index is -0.301. The number of carbonyl (C=O) groups is 2. The Morgan fingerprint density at radius 1 is 1.07 bits per heavy atom. The number of pyridine rings is 1. The molecule has 0 saturated carbocycles. The molecule has 1 heterocycles. The van der Waals surface area contributed by atoms with Crippen LogP contribution in [0.5, 0.6) is 0 Å². The highest BCUT2D eigenvalue weighted by atomic mass is 16.2. The van der Waals surface area contributed by atoms with Gasteiger partial charge in [0.05, 0.1) is 0 Å². The zero-order valence-electron chi connectivity index (χ0n) is 17.4. The highest BCUT2D eigenvalue weighted by Crippen LogP contribution is 2.10. The van der Waals surface area contributed by atoms with Crippen molar-refractivity contribution >= 4 is 17.5 Å². The number of amides is 2. The van der Waals surface area contributed by atoms with Crippen LogP contribution in [0.4, 0.5) is 5.69 Å². The topological polar surface area (TPSA) is 83.4 Å². The van der Waals surface area contributed by atoms with E-state index in [0.29, 0.717) is 17.8 Å². The molecule has 0 radical (unpaired) electrons. The fourth-order valence-corrected chi connectivity index (χ4v) is 2.94. The Morgan fingerprint density at radius 3 is 2.38 bits per heavy atom. The lowest BCUT2D eigenvalue weighted by molar-refractivity contribution is -0.116. The molecule has 1 aromatic carbocycles. The van der Waals surface area contributed by atoms with Gasteiger partial charge in [0.15, 0.2) is 0 Å². The summed E-state index contributed by atoms with van der Waals surface area (Å²) in [4.78, 5) is 38.6. The van der Waals surface area contributed by atoms with Gasteiger partial charge in [-0.1, -0.05) is 13.8 Å². The minimum Gasteiger partial charge on any atom is -0.352 e. The normalized spacial score (nSPS) is 10.8.